The molecule has 0 bridgehead atoms. The molecule has 2 heterocycles. The summed E-state index contributed by atoms with van der Waals surface area (Å²) in [5.41, 5.74) is 2.03. The number of rotatable bonds is 11. The quantitative estimate of drug-likeness (QED) is 0.175. The van der Waals surface area contributed by atoms with Gasteiger partial charge in [-0.15, -0.1) is 25.6 Å². The molecule has 2 aliphatic rings. The molecule has 43 heavy (non-hydrogen) atoms. The van der Waals surface area contributed by atoms with Crippen molar-refractivity contribution in [2.75, 3.05) is 19.7 Å². The number of nitrogens with one attached hydrogen (secondary N) is 1. The van der Waals surface area contributed by atoms with Crippen LogP contribution in [-0.2, 0) is 21.1 Å². The van der Waals surface area contributed by atoms with Crippen molar-refractivity contribution in [3.8, 4) is 22.9 Å². The number of halogens is 4. The van der Waals surface area contributed by atoms with Crippen LogP contribution in [-0.4, -0.2) is 71.4 Å². The fourth-order valence-corrected chi connectivity index (χ4v) is 7.00. The molecular formula is C27H30ClF3N4O7S. The van der Waals surface area contributed by atoms with E-state index in [0.717, 1.165) is 25.0 Å². The molecule has 1 aliphatic heterocycles. The van der Waals surface area contributed by atoms with Gasteiger partial charge in [0.25, 0.3) is 5.91 Å². The van der Waals surface area contributed by atoms with Gasteiger partial charge in [0.1, 0.15) is 11.5 Å². The Hall–Kier alpha value is -3.40. The van der Waals surface area contributed by atoms with E-state index in [1.807, 2.05) is 0 Å². The van der Waals surface area contributed by atoms with Crippen LogP contribution in [0.25, 0.3) is 11.4 Å². The van der Waals surface area contributed by atoms with Gasteiger partial charge in [0.15, 0.2) is 14.6 Å². The number of amides is 1. The minimum atomic E-state index is -4.78. The molecule has 0 unspecified atom stereocenters. The molecule has 1 aromatic heterocycles. The summed E-state index contributed by atoms with van der Waals surface area (Å²) >= 11 is 0. The van der Waals surface area contributed by atoms with E-state index in [1.165, 1.54) is 36.4 Å². The third-order valence-corrected chi connectivity index (χ3v) is 9.97. The Labute approximate surface area is 251 Å². The largest absolute Gasteiger partial charge is 0.573 e. The van der Waals surface area contributed by atoms with Gasteiger partial charge in [-0.2, -0.15) is 4.98 Å². The average molecular weight is 647 g/mol. The first kappa shape index (κ1) is 32.5. The number of carbonyl (C=O) groups excluding carboxylic acids is 1. The Kier molecular flexibility index (Phi) is 9.89. The molecule has 1 saturated carbocycles. The van der Waals surface area contributed by atoms with Crippen LogP contribution in [0, 0.1) is 0 Å². The van der Waals surface area contributed by atoms with Gasteiger partial charge >= 0.3 is 6.36 Å². The number of carbonyl (C=O) groups is 1. The van der Waals surface area contributed by atoms with Gasteiger partial charge in [-0.05, 0) is 80.6 Å². The molecule has 0 radical (unpaired) electrons. The second-order valence-electron chi connectivity index (χ2n) is 10.2. The van der Waals surface area contributed by atoms with Crippen molar-refractivity contribution in [1.82, 2.24) is 20.5 Å². The minimum Gasteiger partial charge on any atom is -0.494 e. The lowest BCUT2D eigenvalue weighted by Gasteiger charge is -2.39. The van der Waals surface area contributed by atoms with Gasteiger partial charge < -0.3 is 18.9 Å². The van der Waals surface area contributed by atoms with Gasteiger partial charge in [0, 0.05) is 31.1 Å². The number of ether oxygens (including phenoxy) is 2. The second-order valence-corrected chi connectivity index (χ2v) is 12.5. The molecule has 1 amide bonds. The Morgan fingerprint density at radius 1 is 1.07 bits per heavy atom. The van der Waals surface area contributed by atoms with Crippen LogP contribution in [0.15, 0.2) is 57.9 Å². The molecule has 1 saturated heterocycles. The number of aromatic nitrogens is 2. The molecule has 2 N–H and O–H groups in total. The van der Waals surface area contributed by atoms with Crippen LogP contribution >= 0.6 is 12.4 Å². The van der Waals surface area contributed by atoms with Crippen molar-refractivity contribution < 1.29 is 45.6 Å². The van der Waals surface area contributed by atoms with Crippen molar-refractivity contribution >= 4 is 28.2 Å². The first-order chi connectivity index (χ1) is 20.0. The zero-order valence-corrected chi connectivity index (χ0v) is 24.4. The van der Waals surface area contributed by atoms with Crippen molar-refractivity contribution in [3.05, 3.63) is 54.4 Å². The molecule has 11 nitrogen and oxygen atoms in total. The molecular weight excluding hydrogens is 617 g/mol. The van der Waals surface area contributed by atoms with E-state index in [9.17, 15) is 31.6 Å². The van der Waals surface area contributed by atoms with Crippen LogP contribution in [0.3, 0.4) is 0 Å². The third kappa shape index (κ3) is 7.40. The van der Waals surface area contributed by atoms with Crippen molar-refractivity contribution in [1.29, 1.82) is 0 Å². The van der Waals surface area contributed by atoms with E-state index in [2.05, 4.69) is 19.8 Å². The van der Waals surface area contributed by atoms with E-state index in [0.29, 0.717) is 49.2 Å². The maximum atomic E-state index is 13.6. The zero-order chi connectivity index (χ0) is 30.0. The lowest BCUT2D eigenvalue weighted by molar-refractivity contribution is -0.274. The topological polar surface area (TPSA) is 144 Å². The molecule has 16 heteroatoms. The number of nitrogens with zero attached hydrogens (tertiary/aromatic N) is 3. The number of hydrogen-bond acceptors (Lipinski definition) is 10. The number of sulfone groups is 1. The van der Waals surface area contributed by atoms with Gasteiger partial charge in [-0.3, -0.25) is 10.0 Å². The lowest BCUT2D eigenvalue weighted by atomic mass is 9.94. The van der Waals surface area contributed by atoms with Crippen LogP contribution in [0.4, 0.5) is 13.2 Å². The number of likely N-dealkylation sites (tertiary alicyclic amines) is 1. The van der Waals surface area contributed by atoms with Crippen LogP contribution in [0.1, 0.15) is 38.0 Å². The molecule has 3 aromatic rings. The van der Waals surface area contributed by atoms with E-state index in [-0.39, 0.29) is 48.3 Å². The predicted octanol–water partition coefficient (Wildman–Crippen LogP) is 4.34. The maximum absolute atomic E-state index is 13.6. The SMILES string of the molecule is Cl.O=C(NO)C1(S(=O)(=O)c2ccc(OCCCc3nc(-c4ccc(OC(F)(F)F)cc4)no3)cc2)CCN(C2CC2)CC1. The highest BCUT2D eigenvalue weighted by molar-refractivity contribution is 7.93. The van der Waals surface area contributed by atoms with Gasteiger partial charge in [-0.1, -0.05) is 5.16 Å². The van der Waals surface area contributed by atoms with Crippen molar-refractivity contribution in [2.24, 2.45) is 0 Å². The Bertz CT molecular complexity index is 1490. The molecule has 5 rings (SSSR count). The van der Waals surface area contributed by atoms with Gasteiger partial charge in [-0.25, -0.2) is 13.9 Å². The molecule has 234 valence electrons. The Morgan fingerprint density at radius 3 is 2.28 bits per heavy atom. The summed E-state index contributed by atoms with van der Waals surface area (Å²) in [6.07, 6.45) is -1.60. The summed E-state index contributed by atoms with van der Waals surface area (Å²) in [5.74, 6) is -0.333. The molecule has 0 atom stereocenters. The highest BCUT2D eigenvalue weighted by Gasteiger charge is 2.54. The minimum absolute atomic E-state index is 0. The van der Waals surface area contributed by atoms with Crippen molar-refractivity contribution in [2.45, 2.75) is 60.6 Å². The summed E-state index contributed by atoms with van der Waals surface area (Å²) in [6, 6.07) is 11.3. The van der Waals surface area contributed by atoms with E-state index in [4.69, 9.17) is 9.26 Å². The maximum Gasteiger partial charge on any atom is 0.573 e. The second kappa shape index (κ2) is 13.1. The first-order valence-corrected chi connectivity index (χ1v) is 14.8. The first-order valence-electron chi connectivity index (χ1n) is 13.4. The number of benzene rings is 2. The molecule has 0 spiro atoms. The lowest BCUT2D eigenvalue weighted by Crippen LogP contribution is -2.58. The van der Waals surface area contributed by atoms with Crippen LogP contribution in [0.5, 0.6) is 11.5 Å². The standard InChI is InChI=1S/C27H29F3N4O7S.ClH/c28-27(29,30)40-21-7-3-18(4-8-21)24-31-23(41-33-24)2-1-17-39-20-9-11-22(12-10-20)42(37,38)26(25(35)32-36)13-15-34(16-14-26)19-5-6-19;/h3-4,7-12,19,36H,1-2,5-6,13-17H2,(H,32,35);1H. The van der Waals surface area contributed by atoms with Crippen LogP contribution < -0.4 is 15.0 Å². The summed E-state index contributed by atoms with van der Waals surface area (Å²) in [6.45, 7) is 1.17. The average Bonchev–Trinajstić information content (AvgIpc) is 3.72. The summed E-state index contributed by atoms with van der Waals surface area (Å²) in [7, 11) is -4.11. The predicted molar refractivity (Wildman–Crippen MR) is 148 cm³/mol. The summed E-state index contributed by atoms with van der Waals surface area (Å²) in [4.78, 5) is 19.1. The van der Waals surface area contributed by atoms with E-state index < -0.39 is 26.9 Å². The Morgan fingerprint density at radius 2 is 1.70 bits per heavy atom. The number of aryl methyl sites for hydroxylation is 1. The van der Waals surface area contributed by atoms with E-state index in [1.54, 1.807) is 5.48 Å². The van der Waals surface area contributed by atoms with Gasteiger partial charge in [0.05, 0.1) is 11.5 Å². The molecule has 1 aliphatic carbocycles. The van der Waals surface area contributed by atoms with Gasteiger partial charge in [0.2, 0.25) is 11.7 Å². The molecule has 2 fully saturated rings. The zero-order valence-electron chi connectivity index (χ0n) is 22.7. The molecule has 2 aromatic carbocycles. The third-order valence-electron chi connectivity index (χ3n) is 7.45. The van der Waals surface area contributed by atoms with E-state index >= 15 is 0 Å². The number of hydrogen-bond donors (Lipinski definition) is 2. The van der Waals surface area contributed by atoms with Crippen molar-refractivity contribution in [3.63, 3.8) is 0 Å². The monoisotopic (exact) mass is 646 g/mol. The Balaban J connectivity index is 0.00000423. The summed E-state index contributed by atoms with van der Waals surface area (Å²) in [5, 5.41) is 13.2. The van der Waals surface area contributed by atoms with Crippen LogP contribution in [0.2, 0.25) is 0 Å². The fraction of sp³-hybridized carbons (Fsp3) is 0.444. The highest BCUT2D eigenvalue weighted by Crippen LogP contribution is 2.39. The number of piperidine rings is 1. The number of alkyl halides is 3. The normalized spacial score (nSPS) is 17.1. The summed E-state index contributed by atoms with van der Waals surface area (Å²) < 4.78 is 77.2. The fourth-order valence-electron chi connectivity index (χ4n) is 5.04. The highest BCUT2D eigenvalue weighted by atomic mass is 35.5. The number of hydroxylamine groups is 1. The smallest absolute Gasteiger partial charge is 0.494 e.